The van der Waals surface area contributed by atoms with Crippen LogP contribution in [0.25, 0.3) is 0 Å². The molecule has 0 saturated carbocycles. The Labute approximate surface area is 102 Å². The van der Waals surface area contributed by atoms with Gasteiger partial charge in [0.1, 0.15) is 0 Å². The number of nitrogens with one attached hydrogen (secondary N) is 1. The van der Waals surface area contributed by atoms with E-state index in [-0.39, 0.29) is 12.6 Å². The summed E-state index contributed by atoms with van der Waals surface area (Å²) < 4.78 is 0. The fourth-order valence-electron chi connectivity index (χ4n) is 1.48. The lowest BCUT2D eigenvalue weighted by Gasteiger charge is -2.16. The Morgan fingerprint density at radius 3 is 3.00 bits per heavy atom. The van der Waals surface area contributed by atoms with E-state index in [1.54, 1.807) is 18.0 Å². The molecular weight excluding hydrogens is 220 g/mol. The smallest absolute Gasteiger partial charge is 0.0585 e. The van der Waals surface area contributed by atoms with Crippen molar-refractivity contribution in [3.8, 4) is 0 Å². The van der Waals surface area contributed by atoms with Crippen molar-refractivity contribution in [3.05, 3.63) is 29.6 Å². The highest BCUT2D eigenvalue weighted by atomic mass is 32.2. The normalized spacial score (nSPS) is 12.7. The predicted octanol–water partition coefficient (Wildman–Crippen LogP) is 1.59. The molecule has 1 aromatic rings. The Balaban J connectivity index is 2.40. The van der Waals surface area contributed by atoms with Gasteiger partial charge in [0, 0.05) is 24.5 Å². The third-order valence-corrected chi connectivity index (χ3v) is 3.23. The molecule has 0 spiro atoms. The zero-order chi connectivity index (χ0) is 11.8. The van der Waals surface area contributed by atoms with Gasteiger partial charge in [0.2, 0.25) is 0 Å². The van der Waals surface area contributed by atoms with E-state index >= 15 is 0 Å². The summed E-state index contributed by atoms with van der Waals surface area (Å²) in [5.74, 6) is 1.07. The highest BCUT2D eigenvalue weighted by molar-refractivity contribution is 7.98. The van der Waals surface area contributed by atoms with Crippen molar-refractivity contribution in [2.45, 2.75) is 25.9 Å². The van der Waals surface area contributed by atoms with Crippen molar-refractivity contribution < 1.29 is 5.11 Å². The van der Waals surface area contributed by atoms with Crippen molar-refractivity contribution in [2.75, 3.05) is 18.6 Å². The molecule has 0 aliphatic rings. The minimum Gasteiger partial charge on any atom is -0.395 e. The van der Waals surface area contributed by atoms with Crippen LogP contribution in [0, 0.1) is 6.92 Å². The van der Waals surface area contributed by atoms with Crippen molar-refractivity contribution in [3.63, 3.8) is 0 Å². The number of thioether (sulfide) groups is 1. The molecule has 16 heavy (non-hydrogen) atoms. The van der Waals surface area contributed by atoms with Gasteiger partial charge in [-0.2, -0.15) is 11.8 Å². The molecule has 0 amide bonds. The number of aryl methyl sites for hydroxylation is 1. The second-order valence-electron chi connectivity index (χ2n) is 3.79. The predicted molar refractivity (Wildman–Crippen MR) is 69.7 cm³/mol. The number of aliphatic hydroxyl groups excluding tert-OH is 1. The second-order valence-corrected chi connectivity index (χ2v) is 4.78. The van der Waals surface area contributed by atoms with Gasteiger partial charge in [0.05, 0.1) is 6.61 Å². The summed E-state index contributed by atoms with van der Waals surface area (Å²) in [4.78, 5) is 4.24. The second kappa shape index (κ2) is 7.65. The maximum Gasteiger partial charge on any atom is 0.0585 e. The number of aliphatic hydroxyl groups is 1. The van der Waals surface area contributed by atoms with E-state index in [9.17, 15) is 5.11 Å². The van der Waals surface area contributed by atoms with Crippen LogP contribution in [-0.4, -0.2) is 34.7 Å². The molecule has 1 unspecified atom stereocenters. The topological polar surface area (TPSA) is 45.1 Å². The van der Waals surface area contributed by atoms with E-state index in [2.05, 4.69) is 22.6 Å². The largest absolute Gasteiger partial charge is 0.395 e. The average Bonchev–Trinajstić information content (AvgIpc) is 2.31. The molecule has 1 rings (SSSR count). The van der Waals surface area contributed by atoms with Crippen LogP contribution in [0.5, 0.6) is 0 Å². The van der Waals surface area contributed by atoms with Crippen molar-refractivity contribution in [1.82, 2.24) is 10.3 Å². The van der Waals surface area contributed by atoms with Gasteiger partial charge in [-0.3, -0.25) is 4.98 Å². The number of hydrogen-bond donors (Lipinski definition) is 2. The van der Waals surface area contributed by atoms with Crippen molar-refractivity contribution >= 4 is 11.8 Å². The summed E-state index contributed by atoms with van der Waals surface area (Å²) in [6.07, 6.45) is 4.88. The van der Waals surface area contributed by atoms with Gasteiger partial charge in [-0.15, -0.1) is 0 Å². The molecule has 0 aromatic carbocycles. The molecule has 4 heteroatoms. The molecule has 90 valence electrons. The molecule has 0 radical (unpaired) electrons. The average molecular weight is 240 g/mol. The van der Waals surface area contributed by atoms with E-state index in [0.29, 0.717) is 0 Å². The lowest BCUT2D eigenvalue weighted by molar-refractivity contribution is 0.239. The maximum atomic E-state index is 9.21. The Morgan fingerprint density at radius 2 is 2.38 bits per heavy atom. The monoisotopic (exact) mass is 240 g/mol. The Morgan fingerprint density at radius 1 is 1.56 bits per heavy atom. The van der Waals surface area contributed by atoms with Crippen LogP contribution in [-0.2, 0) is 6.54 Å². The highest BCUT2D eigenvalue weighted by Crippen LogP contribution is 2.05. The number of hydrogen-bond acceptors (Lipinski definition) is 4. The minimum atomic E-state index is 0.187. The maximum absolute atomic E-state index is 9.21. The van der Waals surface area contributed by atoms with Crippen LogP contribution in [0.2, 0.25) is 0 Å². The number of aromatic nitrogens is 1. The lowest BCUT2D eigenvalue weighted by Crippen LogP contribution is -2.32. The molecule has 2 N–H and O–H groups in total. The first-order valence-corrected chi connectivity index (χ1v) is 6.91. The van der Waals surface area contributed by atoms with Crippen LogP contribution in [0.15, 0.2) is 18.3 Å². The number of rotatable bonds is 7. The summed E-state index contributed by atoms with van der Waals surface area (Å²) in [7, 11) is 0. The van der Waals surface area contributed by atoms with Gasteiger partial charge in [0.25, 0.3) is 0 Å². The Hall–Kier alpha value is -0.580. The zero-order valence-electron chi connectivity index (χ0n) is 9.94. The van der Waals surface area contributed by atoms with Gasteiger partial charge >= 0.3 is 0 Å². The van der Waals surface area contributed by atoms with E-state index in [1.807, 2.05) is 13.0 Å². The zero-order valence-corrected chi connectivity index (χ0v) is 10.8. The third kappa shape index (κ3) is 4.51. The molecule has 0 fully saturated rings. The van der Waals surface area contributed by atoms with Gasteiger partial charge < -0.3 is 10.4 Å². The summed E-state index contributed by atoms with van der Waals surface area (Å²) in [5.41, 5.74) is 2.25. The van der Waals surface area contributed by atoms with Crippen LogP contribution in [0.4, 0.5) is 0 Å². The summed E-state index contributed by atoms with van der Waals surface area (Å²) in [6.45, 7) is 2.98. The molecule has 1 heterocycles. The minimum absolute atomic E-state index is 0.187. The van der Waals surface area contributed by atoms with E-state index in [4.69, 9.17) is 0 Å². The Kier molecular flexibility index (Phi) is 6.45. The molecule has 0 aliphatic carbocycles. The SMILES string of the molecule is CSCCC(CO)NCc1cccnc1C. The molecular formula is C12H20N2OS. The first-order chi connectivity index (χ1) is 7.77. The number of pyridine rings is 1. The Bertz CT molecular complexity index is 307. The summed E-state index contributed by atoms with van der Waals surface area (Å²) in [5, 5.41) is 12.6. The lowest BCUT2D eigenvalue weighted by atomic mass is 10.2. The van der Waals surface area contributed by atoms with Crippen molar-refractivity contribution in [1.29, 1.82) is 0 Å². The fraction of sp³-hybridized carbons (Fsp3) is 0.583. The van der Waals surface area contributed by atoms with E-state index < -0.39 is 0 Å². The number of nitrogens with zero attached hydrogens (tertiary/aromatic N) is 1. The molecule has 0 bridgehead atoms. The van der Waals surface area contributed by atoms with E-state index in [0.717, 1.165) is 24.4 Å². The van der Waals surface area contributed by atoms with Gasteiger partial charge in [-0.1, -0.05) is 6.07 Å². The third-order valence-electron chi connectivity index (χ3n) is 2.59. The summed E-state index contributed by atoms with van der Waals surface area (Å²) >= 11 is 1.81. The first kappa shape index (κ1) is 13.5. The molecule has 1 atom stereocenters. The van der Waals surface area contributed by atoms with Crippen molar-refractivity contribution in [2.24, 2.45) is 0 Å². The van der Waals surface area contributed by atoms with Crippen LogP contribution < -0.4 is 5.32 Å². The quantitative estimate of drug-likeness (QED) is 0.760. The fourth-order valence-corrected chi connectivity index (χ4v) is 2.00. The van der Waals surface area contributed by atoms with Crippen LogP contribution in [0.3, 0.4) is 0 Å². The molecule has 0 aliphatic heterocycles. The van der Waals surface area contributed by atoms with Crippen LogP contribution >= 0.6 is 11.8 Å². The van der Waals surface area contributed by atoms with Gasteiger partial charge in [0.15, 0.2) is 0 Å². The van der Waals surface area contributed by atoms with Gasteiger partial charge in [-0.25, -0.2) is 0 Å². The highest BCUT2D eigenvalue weighted by Gasteiger charge is 2.06. The molecule has 0 saturated heterocycles. The van der Waals surface area contributed by atoms with E-state index in [1.165, 1.54) is 5.56 Å². The summed E-state index contributed by atoms with van der Waals surface area (Å²) in [6, 6.07) is 4.20. The molecule has 3 nitrogen and oxygen atoms in total. The molecule has 1 aromatic heterocycles. The van der Waals surface area contributed by atoms with Crippen LogP contribution in [0.1, 0.15) is 17.7 Å². The van der Waals surface area contributed by atoms with Gasteiger partial charge in [-0.05, 0) is 37.0 Å². The first-order valence-electron chi connectivity index (χ1n) is 5.51. The standard InChI is InChI=1S/C12H20N2OS/c1-10-11(4-3-6-13-10)8-14-12(9-15)5-7-16-2/h3-4,6,12,14-15H,5,7-9H2,1-2H3.